The van der Waals surface area contributed by atoms with Crippen molar-refractivity contribution in [3.05, 3.63) is 82.8 Å². The van der Waals surface area contributed by atoms with E-state index < -0.39 is 0 Å². The van der Waals surface area contributed by atoms with Crippen LogP contribution in [-0.4, -0.2) is 10.2 Å². The molecule has 0 bridgehead atoms. The molecule has 0 saturated carbocycles. The van der Waals surface area contributed by atoms with Gasteiger partial charge in [0.05, 0.1) is 4.91 Å². The van der Waals surface area contributed by atoms with Crippen molar-refractivity contribution in [1.82, 2.24) is 5.32 Å². The van der Waals surface area contributed by atoms with Crippen molar-refractivity contribution >= 4 is 51.1 Å². The zero-order chi connectivity index (χ0) is 17.9. The van der Waals surface area contributed by atoms with Gasteiger partial charge in [-0.1, -0.05) is 72.5 Å². The van der Waals surface area contributed by atoms with E-state index in [-0.39, 0.29) is 5.91 Å². The lowest BCUT2D eigenvalue weighted by molar-refractivity contribution is -0.115. The van der Waals surface area contributed by atoms with Crippen molar-refractivity contribution in [2.45, 2.75) is 6.61 Å². The Kier molecular flexibility index (Phi) is 4.73. The van der Waals surface area contributed by atoms with Gasteiger partial charge in [0.2, 0.25) is 0 Å². The van der Waals surface area contributed by atoms with Crippen LogP contribution in [0.4, 0.5) is 0 Å². The van der Waals surface area contributed by atoms with Gasteiger partial charge in [0, 0.05) is 0 Å². The lowest BCUT2D eigenvalue weighted by Crippen LogP contribution is -2.17. The summed E-state index contributed by atoms with van der Waals surface area (Å²) in [4.78, 5) is 12.3. The van der Waals surface area contributed by atoms with E-state index in [0.717, 1.165) is 16.9 Å². The Morgan fingerprint density at radius 3 is 2.50 bits per heavy atom. The first kappa shape index (κ1) is 16.8. The van der Waals surface area contributed by atoms with Gasteiger partial charge in [0.15, 0.2) is 0 Å². The third-order valence-corrected chi connectivity index (χ3v) is 5.20. The average Bonchev–Trinajstić information content (AvgIpc) is 2.98. The smallest absolute Gasteiger partial charge is 0.263 e. The van der Waals surface area contributed by atoms with Crippen LogP contribution in [-0.2, 0) is 11.4 Å². The van der Waals surface area contributed by atoms with Crippen LogP contribution in [0.15, 0.2) is 71.6 Å². The van der Waals surface area contributed by atoms with E-state index >= 15 is 0 Å². The van der Waals surface area contributed by atoms with E-state index in [4.69, 9.17) is 17.0 Å². The average molecular weight is 377 g/mol. The highest BCUT2D eigenvalue weighted by Gasteiger charge is 2.21. The molecule has 0 atom stereocenters. The zero-order valence-electron chi connectivity index (χ0n) is 13.8. The normalized spacial score (nSPS) is 15.5. The van der Waals surface area contributed by atoms with Gasteiger partial charge in [-0.25, -0.2) is 0 Å². The summed E-state index contributed by atoms with van der Waals surface area (Å²) in [5, 5.41) is 5.05. The van der Waals surface area contributed by atoms with Gasteiger partial charge in [-0.2, -0.15) is 0 Å². The van der Waals surface area contributed by atoms with E-state index in [1.807, 2.05) is 42.5 Å². The van der Waals surface area contributed by atoms with Crippen LogP contribution in [0.5, 0.6) is 5.75 Å². The molecule has 3 aromatic carbocycles. The second-order valence-electron chi connectivity index (χ2n) is 5.89. The molecule has 1 N–H and O–H groups in total. The third-order valence-electron chi connectivity index (χ3n) is 4.04. The molecule has 4 rings (SSSR count). The molecule has 1 aliphatic rings. The molecule has 3 nitrogen and oxygen atoms in total. The van der Waals surface area contributed by atoms with Crippen molar-refractivity contribution in [2.24, 2.45) is 0 Å². The highest BCUT2D eigenvalue weighted by molar-refractivity contribution is 8.26. The van der Waals surface area contributed by atoms with E-state index in [2.05, 4.69) is 35.6 Å². The Bertz CT molecular complexity index is 1030. The Labute approximate surface area is 161 Å². The number of ether oxygens (including phenoxy) is 1. The standard InChI is InChI=1S/C21H15NO2S2/c23-20-19(26-21(25)22-20)12-14-6-9-18(10-7-14)24-13-15-5-8-16-3-1-2-4-17(16)11-15/h1-12H,13H2,(H,22,23,25)/b19-12-. The fraction of sp³-hybridized carbons (Fsp3) is 0.0476. The van der Waals surface area contributed by atoms with Crippen molar-refractivity contribution in [2.75, 3.05) is 0 Å². The molecule has 0 aromatic heterocycles. The zero-order valence-corrected chi connectivity index (χ0v) is 15.4. The van der Waals surface area contributed by atoms with E-state index in [9.17, 15) is 4.79 Å². The molecule has 0 radical (unpaired) electrons. The van der Waals surface area contributed by atoms with E-state index in [1.165, 1.54) is 22.5 Å². The fourth-order valence-corrected chi connectivity index (χ4v) is 3.77. The second kappa shape index (κ2) is 7.32. The number of carbonyl (C=O) groups is 1. The quantitative estimate of drug-likeness (QED) is 0.518. The molecule has 1 amide bonds. The van der Waals surface area contributed by atoms with Gasteiger partial charge in [0.25, 0.3) is 5.91 Å². The number of thioether (sulfide) groups is 1. The highest BCUT2D eigenvalue weighted by Crippen LogP contribution is 2.26. The Morgan fingerprint density at radius 2 is 1.77 bits per heavy atom. The summed E-state index contributed by atoms with van der Waals surface area (Å²) in [6.45, 7) is 0.512. The van der Waals surface area contributed by atoms with Crippen molar-refractivity contribution in [1.29, 1.82) is 0 Å². The summed E-state index contributed by atoms with van der Waals surface area (Å²) >= 11 is 6.27. The van der Waals surface area contributed by atoms with Crippen LogP contribution >= 0.6 is 24.0 Å². The molecular formula is C21H15NO2S2. The number of thiocarbonyl (C=S) groups is 1. The van der Waals surface area contributed by atoms with Crippen molar-refractivity contribution < 1.29 is 9.53 Å². The van der Waals surface area contributed by atoms with Crippen LogP contribution < -0.4 is 10.1 Å². The number of fused-ring (bicyclic) bond motifs is 1. The number of benzene rings is 3. The van der Waals surface area contributed by atoms with Crippen LogP contribution in [0.1, 0.15) is 11.1 Å². The molecule has 3 aromatic rings. The first-order chi connectivity index (χ1) is 12.7. The number of amides is 1. The minimum atomic E-state index is -0.142. The molecule has 5 heteroatoms. The van der Waals surface area contributed by atoms with E-state index in [1.54, 1.807) is 0 Å². The first-order valence-corrected chi connectivity index (χ1v) is 9.35. The van der Waals surface area contributed by atoms with Gasteiger partial charge < -0.3 is 10.1 Å². The summed E-state index contributed by atoms with van der Waals surface area (Å²) in [5.74, 6) is 0.649. The van der Waals surface area contributed by atoms with Gasteiger partial charge in [-0.05, 0) is 46.2 Å². The topological polar surface area (TPSA) is 38.3 Å². The van der Waals surface area contributed by atoms with Crippen LogP contribution in [0.25, 0.3) is 16.8 Å². The number of hydrogen-bond donors (Lipinski definition) is 1. The number of nitrogens with one attached hydrogen (secondary N) is 1. The summed E-state index contributed by atoms with van der Waals surface area (Å²) in [5.41, 5.74) is 2.06. The molecule has 0 spiro atoms. The van der Waals surface area contributed by atoms with Crippen molar-refractivity contribution in [3.8, 4) is 5.75 Å². The number of rotatable bonds is 4. The summed E-state index contributed by atoms with van der Waals surface area (Å²) in [6, 6.07) is 22.3. The molecule has 0 unspecified atom stereocenters. The third kappa shape index (κ3) is 3.79. The molecule has 128 valence electrons. The second-order valence-corrected chi connectivity index (χ2v) is 7.61. The molecular weight excluding hydrogens is 362 g/mol. The lowest BCUT2D eigenvalue weighted by atomic mass is 10.1. The van der Waals surface area contributed by atoms with Gasteiger partial charge >= 0.3 is 0 Å². The van der Waals surface area contributed by atoms with Crippen LogP contribution in [0.2, 0.25) is 0 Å². The summed E-state index contributed by atoms with van der Waals surface area (Å²) < 4.78 is 6.38. The Morgan fingerprint density at radius 1 is 1.00 bits per heavy atom. The van der Waals surface area contributed by atoms with Crippen LogP contribution in [0, 0.1) is 0 Å². The maximum Gasteiger partial charge on any atom is 0.263 e. The minimum absolute atomic E-state index is 0.142. The first-order valence-electron chi connectivity index (χ1n) is 8.13. The van der Waals surface area contributed by atoms with E-state index in [0.29, 0.717) is 15.8 Å². The predicted octanol–water partition coefficient (Wildman–Crippen LogP) is 4.91. The molecule has 26 heavy (non-hydrogen) atoms. The molecule has 1 fully saturated rings. The summed E-state index contributed by atoms with van der Waals surface area (Å²) in [7, 11) is 0. The minimum Gasteiger partial charge on any atom is -0.489 e. The fourth-order valence-electron chi connectivity index (χ4n) is 2.73. The van der Waals surface area contributed by atoms with Gasteiger partial charge in [-0.15, -0.1) is 0 Å². The summed E-state index contributed by atoms with van der Waals surface area (Å²) in [6.07, 6.45) is 1.83. The Hall–Kier alpha value is -2.63. The molecule has 1 aliphatic heterocycles. The van der Waals surface area contributed by atoms with Crippen LogP contribution in [0.3, 0.4) is 0 Å². The maximum absolute atomic E-state index is 11.7. The monoisotopic (exact) mass is 377 g/mol. The Balaban J connectivity index is 1.43. The molecule has 1 saturated heterocycles. The molecule has 1 heterocycles. The van der Waals surface area contributed by atoms with Crippen molar-refractivity contribution in [3.63, 3.8) is 0 Å². The molecule has 0 aliphatic carbocycles. The van der Waals surface area contributed by atoms with Gasteiger partial charge in [-0.3, -0.25) is 4.79 Å². The predicted molar refractivity (Wildman–Crippen MR) is 111 cm³/mol. The number of carbonyl (C=O) groups excluding carboxylic acids is 1. The SMILES string of the molecule is O=C1NC(=S)S/C1=C\c1ccc(OCc2ccc3ccccc3c2)cc1. The number of hydrogen-bond acceptors (Lipinski definition) is 4. The van der Waals surface area contributed by atoms with Gasteiger partial charge in [0.1, 0.15) is 16.7 Å². The highest BCUT2D eigenvalue weighted by atomic mass is 32.2. The lowest BCUT2D eigenvalue weighted by Gasteiger charge is -2.08. The largest absolute Gasteiger partial charge is 0.489 e. The maximum atomic E-state index is 11.7.